The lowest BCUT2D eigenvalue weighted by Crippen LogP contribution is -2.21. The van der Waals surface area contributed by atoms with E-state index in [-0.39, 0.29) is 0 Å². The van der Waals surface area contributed by atoms with Crippen molar-refractivity contribution in [1.29, 1.82) is 0 Å². The Morgan fingerprint density at radius 2 is 1.75 bits per heavy atom. The standard InChI is InChI=1S/C17H25N3/c1-13(2)16-5-7-17(8-6-16)14(3)18-10-9-15-11-19-20(4)12-15/h5-8,11-14,18H,9-10H2,1-4H3. The average molecular weight is 271 g/mol. The Bertz CT molecular complexity index is 525. The van der Waals surface area contributed by atoms with Crippen molar-refractivity contribution in [3.8, 4) is 0 Å². The molecule has 20 heavy (non-hydrogen) atoms. The molecule has 0 aliphatic heterocycles. The quantitative estimate of drug-likeness (QED) is 0.872. The first kappa shape index (κ1) is 14.8. The molecule has 108 valence electrons. The minimum Gasteiger partial charge on any atom is -0.310 e. The van der Waals surface area contributed by atoms with E-state index >= 15 is 0 Å². The molecule has 2 aromatic rings. The lowest BCUT2D eigenvalue weighted by atomic mass is 9.99. The molecule has 0 spiro atoms. The fourth-order valence-corrected chi connectivity index (χ4v) is 2.32. The lowest BCUT2D eigenvalue weighted by molar-refractivity contribution is 0.576. The Morgan fingerprint density at radius 3 is 2.30 bits per heavy atom. The lowest BCUT2D eigenvalue weighted by Gasteiger charge is -2.15. The van der Waals surface area contributed by atoms with Crippen molar-refractivity contribution < 1.29 is 0 Å². The van der Waals surface area contributed by atoms with E-state index in [0.717, 1.165) is 13.0 Å². The number of nitrogens with zero attached hydrogens (tertiary/aromatic N) is 2. The van der Waals surface area contributed by atoms with Crippen LogP contribution in [0.1, 0.15) is 49.4 Å². The van der Waals surface area contributed by atoms with Gasteiger partial charge in [0.05, 0.1) is 6.20 Å². The molecule has 3 heteroatoms. The van der Waals surface area contributed by atoms with Crippen LogP contribution in [0, 0.1) is 0 Å². The van der Waals surface area contributed by atoms with Gasteiger partial charge in [-0.05, 0) is 42.5 Å². The Morgan fingerprint density at radius 1 is 1.10 bits per heavy atom. The third kappa shape index (κ3) is 3.94. The van der Waals surface area contributed by atoms with Gasteiger partial charge in [-0.1, -0.05) is 38.1 Å². The van der Waals surface area contributed by atoms with Crippen molar-refractivity contribution in [2.24, 2.45) is 7.05 Å². The van der Waals surface area contributed by atoms with Crippen molar-refractivity contribution in [3.63, 3.8) is 0 Å². The van der Waals surface area contributed by atoms with Crippen molar-refractivity contribution in [2.45, 2.75) is 39.2 Å². The minimum atomic E-state index is 0.382. The molecule has 0 aliphatic rings. The van der Waals surface area contributed by atoms with Gasteiger partial charge in [0.15, 0.2) is 0 Å². The molecule has 0 fully saturated rings. The second-order valence-electron chi connectivity index (χ2n) is 5.77. The van der Waals surface area contributed by atoms with E-state index in [2.05, 4.69) is 61.6 Å². The number of nitrogens with one attached hydrogen (secondary N) is 1. The fourth-order valence-electron chi connectivity index (χ4n) is 2.32. The molecule has 0 aliphatic carbocycles. The topological polar surface area (TPSA) is 29.9 Å². The van der Waals surface area contributed by atoms with E-state index in [0.29, 0.717) is 12.0 Å². The summed E-state index contributed by atoms with van der Waals surface area (Å²) in [5.74, 6) is 0.595. The fraction of sp³-hybridized carbons (Fsp3) is 0.471. The van der Waals surface area contributed by atoms with Gasteiger partial charge in [-0.25, -0.2) is 0 Å². The highest BCUT2D eigenvalue weighted by atomic mass is 15.2. The van der Waals surface area contributed by atoms with Crippen LogP contribution in [-0.4, -0.2) is 16.3 Å². The Balaban J connectivity index is 1.83. The summed E-state index contributed by atoms with van der Waals surface area (Å²) in [5, 5.41) is 7.76. The van der Waals surface area contributed by atoms with Gasteiger partial charge in [0.2, 0.25) is 0 Å². The summed E-state index contributed by atoms with van der Waals surface area (Å²) in [6, 6.07) is 9.32. The largest absolute Gasteiger partial charge is 0.310 e. The SMILES string of the molecule is CC(C)c1ccc(C(C)NCCc2cnn(C)c2)cc1. The smallest absolute Gasteiger partial charge is 0.0522 e. The van der Waals surface area contributed by atoms with Crippen LogP contribution in [-0.2, 0) is 13.5 Å². The summed E-state index contributed by atoms with van der Waals surface area (Å²) in [6.45, 7) is 7.64. The number of hydrogen-bond donors (Lipinski definition) is 1. The van der Waals surface area contributed by atoms with Gasteiger partial charge in [-0.2, -0.15) is 5.10 Å². The Labute approximate surface area is 122 Å². The molecule has 0 amide bonds. The predicted octanol–water partition coefficient (Wildman–Crippen LogP) is 3.44. The van der Waals surface area contributed by atoms with Crippen molar-refractivity contribution in [1.82, 2.24) is 15.1 Å². The van der Waals surface area contributed by atoms with Gasteiger partial charge in [0.25, 0.3) is 0 Å². The maximum atomic E-state index is 4.19. The maximum Gasteiger partial charge on any atom is 0.0522 e. The number of hydrogen-bond acceptors (Lipinski definition) is 2. The number of benzene rings is 1. The van der Waals surface area contributed by atoms with Crippen LogP contribution in [0.4, 0.5) is 0 Å². The van der Waals surface area contributed by atoms with E-state index in [1.165, 1.54) is 16.7 Å². The molecule has 1 N–H and O–H groups in total. The van der Waals surface area contributed by atoms with Gasteiger partial charge < -0.3 is 5.32 Å². The zero-order chi connectivity index (χ0) is 14.5. The highest BCUT2D eigenvalue weighted by Gasteiger charge is 2.06. The first-order valence-electron chi connectivity index (χ1n) is 7.37. The first-order chi connectivity index (χ1) is 9.56. The Kier molecular flexibility index (Phi) is 4.96. The van der Waals surface area contributed by atoms with Crippen LogP contribution in [0.2, 0.25) is 0 Å². The van der Waals surface area contributed by atoms with Crippen molar-refractivity contribution in [2.75, 3.05) is 6.54 Å². The normalized spacial score (nSPS) is 12.8. The Hall–Kier alpha value is -1.61. The van der Waals surface area contributed by atoms with E-state index in [1.54, 1.807) is 0 Å². The number of rotatable bonds is 6. The summed E-state index contributed by atoms with van der Waals surface area (Å²) in [4.78, 5) is 0. The summed E-state index contributed by atoms with van der Waals surface area (Å²) >= 11 is 0. The van der Waals surface area contributed by atoms with E-state index in [4.69, 9.17) is 0 Å². The van der Waals surface area contributed by atoms with Crippen molar-refractivity contribution >= 4 is 0 Å². The number of aromatic nitrogens is 2. The van der Waals surface area contributed by atoms with Crippen LogP contribution in [0.25, 0.3) is 0 Å². The molecule has 1 unspecified atom stereocenters. The van der Waals surface area contributed by atoms with Crippen LogP contribution in [0.15, 0.2) is 36.7 Å². The molecule has 0 bridgehead atoms. The zero-order valence-electron chi connectivity index (χ0n) is 12.9. The van der Waals surface area contributed by atoms with Gasteiger partial charge in [0.1, 0.15) is 0 Å². The maximum absolute atomic E-state index is 4.19. The summed E-state index contributed by atoms with van der Waals surface area (Å²) < 4.78 is 1.85. The van der Waals surface area contributed by atoms with E-state index in [9.17, 15) is 0 Å². The molecule has 3 nitrogen and oxygen atoms in total. The van der Waals surface area contributed by atoms with Crippen LogP contribution in [0.5, 0.6) is 0 Å². The van der Waals surface area contributed by atoms with Gasteiger partial charge in [-0.3, -0.25) is 4.68 Å². The molecular formula is C17H25N3. The third-order valence-electron chi connectivity index (χ3n) is 3.73. The number of aryl methyl sites for hydroxylation is 1. The molecule has 1 aromatic heterocycles. The van der Waals surface area contributed by atoms with Crippen molar-refractivity contribution in [3.05, 3.63) is 53.3 Å². The van der Waals surface area contributed by atoms with Gasteiger partial charge in [0, 0.05) is 19.3 Å². The summed E-state index contributed by atoms with van der Waals surface area (Å²) in [6.07, 6.45) is 5.02. The van der Waals surface area contributed by atoms with E-state index < -0.39 is 0 Å². The molecular weight excluding hydrogens is 246 g/mol. The highest BCUT2D eigenvalue weighted by Crippen LogP contribution is 2.18. The molecule has 0 radical (unpaired) electrons. The molecule has 2 rings (SSSR count). The van der Waals surface area contributed by atoms with Gasteiger partial charge in [-0.15, -0.1) is 0 Å². The predicted molar refractivity (Wildman–Crippen MR) is 83.9 cm³/mol. The average Bonchev–Trinajstić information content (AvgIpc) is 2.84. The van der Waals surface area contributed by atoms with Gasteiger partial charge >= 0.3 is 0 Å². The molecule has 1 aromatic carbocycles. The summed E-state index contributed by atoms with van der Waals surface area (Å²) in [5.41, 5.74) is 4.03. The van der Waals surface area contributed by atoms with Crippen LogP contribution in [0.3, 0.4) is 0 Å². The molecule has 1 heterocycles. The van der Waals surface area contributed by atoms with E-state index in [1.807, 2.05) is 17.9 Å². The highest BCUT2D eigenvalue weighted by molar-refractivity contribution is 5.26. The second kappa shape index (κ2) is 6.71. The summed E-state index contributed by atoms with van der Waals surface area (Å²) in [7, 11) is 1.95. The molecule has 0 saturated carbocycles. The zero-order valence-corrected chi connectivity index (χ0v) is 12.9. The molecule has 1 atom stereocenters. The van der Waals surface area contributed by atoms with Crippen LogP contribution < -0.4 is 5.32 Å². The van der Waals surface area contributed by atoms with Crippen LogP contribution >= 0.6 is 0 Å². The second-order valence-corrected chi connectivity index (χ2v) is 5.77. The monoisotopic (exact) mass is 271 g/mol. The first-order valence-corrected chi connectivity index (χ1v) is 7.37. The minimum absolute atomic E-state index is 0.382. The molecule has 0 saturated heterocycles. The third-order valence-corrected chi connectivity index (χ3v) is 3.73.